The Labute approximate surface area is 131 Å². The first kappa shape index (κ1) is 14.9. The number of hydrogen-bond donors (Lipinski definition) is 1. The molecule has 116 valence electrons. The second-order valence-electron chi connectivity index (χ2n) is 4.85. The second-order valence-corrected chi connectivity index (χ2v) is 5.79. The highest BCUT2D eigenvalue weighted by Gasteiger charge is 2.19. The lowest BCUT2D eigenvalue weighted by Gasteiger charge is -2.10. The number of tetrazole rings is 1. The third-order valence-electron chi connectivity index (χ3n) is 3.20. The smallest absolute Gasteiger partial charge is 0.234 e. The zero-order chi connectivity index (χ0) is 15.2. The van der Waals surface area contributed by atoms with Crippen molar-refractivity contribution in [1.29, 1.82) is 0 Å². The van der Waals surface area contributed by atoms with Crippen molar-refractivity contribution in [2.75, 3.05) is 17.7 Å². The van der Waals surface area contributed by atoms with Crippen molar-refractivity contribution in [3.8, 4) is 0 Å². The van der Waals surface area contributed by atoms with E-state index >= 15 is 0 Å². The summed E-state index contributed by atoms with van der Waals surface area (Å²) < 4.78 is 7.27. The van der Waals surface area contributed by atoms with Gasteiger partial charge in [0.1, 0.15) is 0 Å². The van der Waals surface area contributed by atoms with Crippen molar-refractivity contribution in [2.24, 2.45) is 0 Å². The molecule has 22 heavy (non-hydrogen) atoms. The highest BCUT2D eigenvalue weighted by molar-refractivity contribution is 7.99. The zero-order valence-electron chi connectivity index (χ0n) is 11.9. The van der Waals surface area contributed by atoms with Crippen LogP contribution in [0, 0.1) is 0 Å². The molecule has 1 fully saturated rings. The lowest BCUT2D eigenvalue weighted by atomic mass is 10.2. The Morgan fingerprint density at radius 1 is 1.45 bits per heavy atom. The van der Waals surface area contributed by atoms with Gasteiger partial charge >= 0.3 is 0 Å². The van der Waals surface area contributed by atoms with Crippen molar-refractivity contribution in [3.05, 3.63) is 24.5 Å². The molecular weight excluding hydrogens is 304 g/mol. The molecule has 0 saturated carbocycles. The van der Waals surface area contributed by atoms with Crippen molar-refractivity contribution in [3.63, 3.8) is 0 Å². The molecule has 3 heterocycles. The van der Waals surface area contributed by atoms with Gasteiger partial charge < -0.3 is 10.1 Å². The Balaban J connectivity index is 1.51. The van der Waals surface area contributed by atoms with Gasteiger partial charge in [0, 0.05) is 24.7 Å². The monoisotopic (exact) mass is 320 g/mol. The number of hydrogen-bond acceptors (Lipinski definition) is 7. The molecule has 1 unspecified atom stereocenters. The third kappa shape index (κ3) is 4.01. The van der Waals surface area contributed by atoms with E-state index in [2.05, 4.69) is 25.8 Å². The molecule has 2 aromatic heterocycles. The molecule has 8 nitrogen and oxygen atoms in total. The number of nitrogens with one attached hydrogen (secondary N) is 1. The van der Waals surface area contributed by atoms with E-state index in [-0.39, 0.29) is 17.8 Å². The minimum absolute atomic E-state index is 0.108. The van der Waals surface area contributed by atoms with Crippen molar-refractivity contribution in [2.45, 2.75) is 30.6 Å². The van der Waals surface area contributed by atoms with Crippen LogP contribution in [-0.4, -0.2) is 49.6 Å². The Morgan fingerprint density at radius 2 is 2.32 bits per heavy atom. The Hall–Kier alpha value is -2.00. The average molecular weight is 320 g/mol. The molecule has 0 bridgehead atoms. The molecule has 1 aliphatic rings. The molecule has 1 saturated heterocycles. The summed E-state index contributed by atoms with van der Waals surface area (Å²) in [7, 11) is 0. The summed E-state index contributed by atoms with van der Waals surface area (Å²) in [5, 5.41) is 15.0. The van der Waals surface area contributed by atoms with Crippen LogP contribution in [-0.2, 0) is 16.1 Å². The van der Waals surface area contributed by atoms with Gasteiger partial charge in [-0.05, 0) is 35.4 Å². The number of aromatic nitrogens is 5. The molecule has 0 aromatic carbocycles. The number of thioether (sulfide) groups is 1. The Bertz CT molecular complexity index is 614. The first-order chi connectivity index (χ1) is 10.8. The second kappa shape index (κ2) is 7.32. The number of ether oxygens (including phenoxy) is 1. The maximum atomic E-state index is 11.9. The third-order valence-corrected chi connectivity index (χ3v) is 4.15. The minimum Gasteiger partial charge on any atom is -0.376 e. The maximum absolute atomic E-state index is 11.9. The molecule has 3 rings (SSSR count). The molecular formula is C13H16N6O2S. The quantitative estimate of drug-likeness (QED) is 0.793. The largest absolute Gasteiger partial charge is 0.376 e. The first-order valence-corrected chi connectivity index (χ1v) is 8.00. The van der Waals surface area contributed by atoms with Gasteiger partial charge in [0.25, 0.3) is 0 Å². The summed E-state index contributed by atoms with van der Waals surface area (Å²) in [6, 6.07) is 3.48. The molecule has 1 amide bonds. The number of carbonyl (C=O) groups excluding carboxylic acids is 1. The number of nitrogens with zero attached hydrogens (tertiary/aromatic N) is 5. The SMILES string of the molecule is O=C(CSc1nnnn1CC1CCCO1)Nc1ccncc1. The predicted molar refractivity (Wildman–Crippen MR) is 80.4 cm³/mol. The number of amides is 1. The topological polar surface area (TPSA) is 94.8 Å². The fraction of sp³-hybridized carbons (Fsp3) is 0.462. The maximum Gasteiger partial charge on any atom is 0.234 e. The van der Waals surface area contributed by atoms with Gasteiger partial charge in [0.15, 0.2) is 0 Å². The summed E-state index contributed by atoms with van der Waals surface area (Å²) in [6.45, 7) is 1.42. The first-order valence-electron chi connectivity index (χ1n) is 7.02. The lowest BCUT2D eigenvalue weighted by Crippen LogP contribution is -2.18. The van der Waals surface area contributed by atoms with E-state index in [9.17, 15) is 4.79 Å². The highest BCUT2D eigenvalue weighted by atomic mass is 32.2. The van der Waals surface area contributed by atoms with E-state index in [1.54, 1.807) is 29.2 Å². The summed E-state index contributed by atoms with van der Waals surface area (Å²) in [5.41, 5.74) is 0.722. The van der Waals surface area contributed by atoms with E-state index in [0.29, 0.717) is 11.7 Å². The van der Waals surface area contributed by atoms with Gasteiger partial charge in [-0.15, -0.1) is 5.10 Å². The predicted octanol–water partition coefficient (Wildman–Crippen LogP) is 0.978. The van der Waals surface area contributed by atoms with Crippen LogP contribution in [0.2, 0.25) is 0 Å². The zero-order valence-corrected chi connectivity index (χ0v) is 12.7. The van der Waals surface area contributed by atoms with Crippen LogP contribution in [0.4, 0.5) is 5.69 Å². The molecule has 1 atom stereocenters. The molecule has 2 aromatic rings. The number of pyridine rings is 1. The van der Waals surface area contributed by atoms with Gasteiger partial charge in [-0.25, -0.2) is 4.68 Å². The highest BCUT2D eigenvalue weighted by Crippen LogP contribution is 2.18. The van der Waals surface area contributed by atoms with Crippen LogP contribution in [0.5, 0.6) is 0 Å². The molecule has 9 heteroatoms. The fourth-order valence-electron chi connectivity index (χ4n) is 2.16. The van der Waals surface area contributed by atoms with Crippen LogP contribution in [0.1, 0.15) is 12.8 Å². The number of carbonyl (C=O) groups is 1. The van der Waals surface area contributed by atoms with Crippen LogP contribution >= 0.6 is 11.8 Å². The van der Waals surface area contributed by atoms with Crippen LogP contribution in [0.15, 0.2) is 29.7 Å². The van der Waals surface area contributed by atoms with Gasteiger partial charge in [0.2, 0.25) is 11.1 Å². The van der Waals surface area contributed by atoms with E-state index in [0.717, 1.165) is 25.1 Å². The molecule has 0 spiro atoms. The summed E-state index contributed by atoms with van der Waals surface area (Å²) in [6.07, 6.45) is 5.51. The summed E-state index contributed by atoms with van der Waals surface area (Å²) >= 11 is 1.31. The summed E-state index contributed by atoms with van der Waals surface area (Å²) in [5.74, 6) is 0.136. The van der Waals surface area contributed by atoms with Crippen molar-refractivity contribution in [1.82, 2.24) is 25.2 Å². The Morgan fingerprint density at radius 3 is 3.09 bits per heavy atom. The van der Waals surface area contributed by atoms with E-state index in [1.807, 2.05) is 0 Å². The van der Waals surface area contributed by atoms with Gasteiger partial charge in [0.05, 0.1) is 18.4 Å². The lowest BCUT2D eigenvalue weighted by molar-refractivity contribution is -0.113. The van der Waals surface area contributed by atoms with E-state index < -0.39 is 0 Å². The van der Waals surface area contributed by atoms with Crippen LogP contribution < -0.4 is 5.32 Å². The van der Waals surface area contributed by atoms with E-state index in [1.165, 1.54) is 11.8 Å². The van der Waals surface area contributed by atoms with Crippen molar-refractivity contribution < 1.29 is 9.53 Å². The Kier molecular flexibility index (Phi) is 4.96. The standard InChI is InChI=1S/C13H16N6O2S/c20-12(15-10-3-5-14-6-4-10)9-22-13-16-17-18-19(13)8-11-2-1-7-21-11/h3-6,11H,1-2,7-9H2,(H,14,15,20). The average Bonchev–Trinajstić information content (AvgIpc) is 3.19. The number of rotatable bonds is 6. The normalized spacial score (nSPS) is 17.5. The molecule has 0 radical (unpaired) electrons. The van der Waals surface area contributed by atoms with Crippen LogP contribution in [0.25, 0.3) is 0 Å². The van der Waals surface area contributed by atoms with Crippen LogP contribution in [0.3, 0.4) is 0 Å². The summed E-state index contributed by atoms with van der Waals surface area (Å²) in [4.78, 5) is 15.8. The number of anilines is 1. The fourth-order valence-corrected chi connectivity index (χ4v) is 2.84. The van der Waals surface area contributed by atoms with Gasteiger partial charge in [-0.1, -0.05) is 11.8 Å². The molecule has 1 N–H and O–H groups in total. The minimum atomic E-state index is -0.108. The van der Waals surface area contributed by atoms with Gasteiger partial charge in [-0.3, -0.25) is 9.78 Å². The molecule has 1 aliphatic heterocycles. The van der Waals surface area contributed by atoms with Crippen molar-refractivity contribution >= 4 is 23.4 Å². The van der Waals surface area contributed by atoms with Gasteiger partial charge in [-0.2, -0.15) is 0 Å². The van der Waals surface area contributed by atoms with E-state index in [4.69, 9.17) is 4.74 Å². The molecule has 0 aliphatic carbocycles.